The van der Waals surface area contributed by atoms with Gasteiger partial charge in [-0.05, 0) is 35.4 Å². The topological polar surface area (TPSA) is 49.4 Å². The van der Waals surface area contributed by atoms with E-state index in [1.165, 1.54) is 12.1 Å². The largest absolute Gasteiger partial charge is 0.351 e. The number of benzene rings is 2. The molecule has 1 saturated heterocycles. The van der Waals surface area contributed by atoms with E-state index in [4.69, 9.17) is 11.6 Å². The number of hydrogen-bond acceptors (Lipinski definition) is 2. The Labute approximate surface area is 150 Å². The van der Waals surface area contributed by atoms with Crippen LogP contribution in [0.25, 0.3) is 0 Å². The maximum absolute atomic E-state index is 12.9. The predicted octanol–water partition coefficient (Wildman–Crippen LogP) is 2.94. The van der Waals surface area contributed by atoms with Crippen molar-refractivity contribution in [3.8, 4) is 0 Å². The van der Waals surface area contributed by atoms with Crippen LogP contribution >= 0.6 is 11.6 Å². The quantitative estimate of drug-likeness (QED) is 0.891. The number of likely N-dealkylation sites (tertiary alicyclic amines) is 1. The summed E-state index contributed by atoms with van der Waals surface area (Å²) in [6.07, 6.45) is 0.506. The first-order valence-electron chi connectivity index (χ1n) is 8.05. The summed E-state index contributed by atoms with van der Waals surface area (Å²) in [5.74, 6) is -0.455. The van der Waals surface area contributed by atoms with Crippen LogP contribution in [0.2, 0.25) is 5.02 Å². The smallest absolute Gasteiger partial charge is 0.225 e. The molecule has 0 spiro atoms. The molecule has 2 amide bonds. The molecule has 1 fully saturated rings. The van der Waals surface area contributed by atoms with Crippen LogP contribution in [0.3, 0.4) is 0 Å². The summed E-state index contributed by atoms with van der Waals surface area (Å²) in [7, 11) is 0. The second-order valence-corrected chi connectivity index (χ2v) is 6.61. The minimum atomic E-state index is -0.303. The van der Waals surface area contributed by atoms with Gasteiger partial charge in [-0.1, -0.05) is 35.9 Å². The molecule has 25 heavy (non-hydrogen) atoms. The summed E-state index contributed by atoms with van der Waals surface area (Å²) < 4.78 is 12.9. The molecule has 0 aliphatic carbocycles. The highest BCUT2D eigenvalue weighted by Crippen LogP contribution is 2.16. The van der Waals surface area contributed by atoms with Crippen molar-refractivity contribution >= 4 is 23.4 Å². The monoisotopic (exact) mass is 360 g/mol. The third-order valence-electron chi connectivity index (χ3n) is 4.12. The number of hydrogen-bond donors (Lipinski definition) is 1. The molecular weight excluding hydrogens is 343 g/mol. The lowest BCUT2D eigenvalue weighted by atomic mass is 10.1. The van der Waals surface area contributed by atoms with Crippen molar-refractivity contribution in [3.63, 3.8) is 0 Å². The first-order chi connectivity index (χ1) is 12.0. The number of carbonyl (C=O) groups is 2. The highest BCUT2D eigenvalue weighted by atomic mass is 35.5. The number of halogens is 2. The molecule has 3 rings (SSSR count). The Morgan fingerprint density at radius 2 is 1.96 bits per heavy atom. The molecule has 0 saturated carbocycles. The fourth-order valence-corrected chi connectivity index (χ4v) is 3.16. The molecule has 6 heteroatoms. The minimum absolute atomic E-state index is 0.0163. The Bertz CT molecular complexity index is 779. The van der Waals surface area contributed by atoms with E-state index in [0.717, 1.165) is 11.1 Å². The van der Waals surface area contributed by atoms with E-state index in [1.807, 2.05) is 6.07 Å². The van der Waals surface area contributed by atoms with Gasteiger partial charge in [-0.3, -0.25) is 9.59 Å². The average Bonchev–Trinajstić information content (AvgIpc) is 2.88. The van der Waals surface area contributed by atoms with Gasteiger partial charge in [0.25, 0.3) is 0 Å². The van der Waals surface area contributed by atoms with E-state index in [0.29, 0.717) is 18.1 Å². The van der Waals surface area contributed by atoms with Crippen molar-refractivity contribution in [1.29, 1.82) is 0 Å². The second-order valence-electron chi connectivity index (χ2n) is 6.18. The SMILES string of the molecule is O=C(Cc1cccc(Cl)c1)NC1CC(=O)N(Cc2ccc(F)cc2)C1. The van der Waals surface area contributed by atoms with Crippen LogP contribution in [-0.4, -0.2) is 29.3 Å². The molecule has 1 heterocycles. The van der Waals surface area contributed by atoms with Gasteiger partial charge in [0.2, 0.25) is 11.8 Å². The molecule has 130 valence electrons. The van der Waals surface area contributed by atoms with Crippen molar-refractivity contribution in [3.05, 3.63) is 70.5 Å². The van der Waals surface area contributed by atoms with Gasteiger partial charge < -0.3 is 10.2 Å². The Balaban J connectivity index is 1.53. The standard InChI is InChI=1S/C19H18ClFN2O2/c20-15-3-1-2-14(8-15)9-18(24)22-17-10-19(25)23(12-17)11-13-4-6-16(21)7-5-13/h1-8,17H,9-12H2,(H,22,24). The first-order valence-corrected chi connectivity index (χ1v) is 8.43. The van der Waals surface area contributed by atoms with E-state index < -0.39 is 0 Å². The summed E-state index contributed by atoms with van der Waals surface area (Å²) in [6.45, 7) is 0.872. The fourth-order valence-electron chi connectivity index (χ4n) is 2.94. The highest BCUT2D eigenvalue weighted by molar-refractivity contribution is 6.30. The number of carbonyl (C=O) groups excluding carboxylic acids is 2. The molecule has 0 aromatic heterocycles. The highest BCUT2D eigenvalue weighted by Gasteiger charge is 2.30. The molecular formula is C19H18ClFN2O2. The normalized spacial score (nSPS) is 17.0. The van der Waals surface area contributed by atoms with Crippen molar-refractivity contribution in [2.45, 2.75) is 25.4 Å². The summed E-state index contributed by atoms with van der Waals surface area (Å²) in [6, 6.07) is 13.0. The summed E-state index contributed by atoms with van der Waals surface area (Å²) in [5, 5.41) is 3.49. The molecule has 4 nitrogen and oxygen atoms in total. The second kappa shape index (κ2) is 7.66. The Morgan fingerprint density at radius 3 is 2.68 bits per heavy atom. The van der Waals surface area contributed by atoms with Gasteiger partial charge in [-0.2, -0.15) is 0 Å². The van der Waals surface area contributed by atoms with Gasteiger partial charge in [-0.15, -0.1) is 0 Å². The van der Waals surface area contributed by atoms with E-state index >= 15 is 0 Å². The van der Waals surface area contributed by atoms with Crippen molar-refractivity contribution in [1.82, 2.24) is 10.2 Å². The van der Waals surface area contributed by atoms with Gasteiger partial charge in [0.1, 0.15) is 5.82 Å². The van der Waals surface area contributed by atoms with Crippen LogP contribution in [0, 0.1) is 5.82 Å². The molecule has 1 atom stereocenters. The van der Waals surface area contributed by atoms with Crippen LogP contribution in [0.1, 0.15) is 17.5 Å². The van der Waals surface area contributed by atoms with Crippen LogP contribution in [0.15, 0.2) is 48.5 Å². The molecule has 1 aliphatic rings. The number of nitrogens with one attached hydrogen (secondary N) is 1. The van der Waals surface area contributed by atoms with E-state index in [2.05, 4.69) is 5.32 Å². The molecule has 1 N–H and O–H groups in total. The number of nitrogens with zero attached hydrogens (tertiary/aromatic N) is 1. The van der Waals surface area contributed by atoms with E-state index in [9.17, 15) is 14.0 Å². The molecule has 0 radical (unpaired) electrons. The Morgan fingerprint density at radius 1 is 1.20 bits per heavy atom. The first kappa shape index (κ1) is 17.4. The maximum atomic E-state index is 12.9. The van der Waals surface area contributed by atoms with Gasteiger partial charge >= 0.3 is 0 Å². The van der Waals surface area contributed by atoms with E-state index in [1.54, 1.807) is 35.2 Å². The van der Waals surface area contributed by atoms with Crippen LogP contribution < -0.4 is 5.32 Å². The van der Waals surface area contributed by atoms with Gasteiger partial charge in [0.15, 0.2) is 0 Å². The average molecular weight is 361 g/mol. The number of rotatable bonds is 5. The lowest BCUT2D eigenvalue weighted by molar-refractivity contribution is -0.128. The molecule has 2 aromatic carbocycles. The van der Waals surface area contributed by atoms with Gasteiger partial charge in [0.05, 0.1) is 12.5 Å². The predicted molar refractivity (Wildman–Crippen MR) is 93.5 cm³/mol. The molecule has 2 aromatic rings. The Kier molecular flexibility index (Phi) is 5.34. The molecule has 0 bridgehead atoms. The van der Waals surface area contributed by atoms with Gasteiger partial charge in [-0.25, -0.2) is 4.39 Å². The molecule has 1 aliphatic heterocycles. The lowest BCUT2D eigenvalue weighted by Gasteiger charge is -2.17. The third kappa shape index (κ3) is 4.79. The van der Waals surface area contributed by atoms with Crippen molar-refractivity contribution < 1.29 is 14.0 Å². The van der Waals surface area contributed by atoms with Crippen LogP contribution in [0.5, 0.6) is 0 Å². The summed E-state index contributed by atoms with van der Waals surface area (Å²) in [4.78, 5) is 26.0. The fraction of sp³-hybridized carbons (Fsp3) is 0.263. The Hall–Kier alpha value is -2.40. The zero-order chi connectivity index (χ0) is 17.8. The van der Waals surface area contributed by atoms with Crippen LogP contribution in [-0.2, 0) is 22.6 Å². The number of amides is 2. The van der Waals surface area contributed by atoms with Crippen molar-refractivity contribution in [2.75, 3.05) is 6.54 Å². The summed E-state index contributed by atoms with van der Waals surface area (Å²) >= 11 is 5.92. The lowest BCUT2D eigenvalue weighted by Crippen LogP contribution is -2.37. The minimum Gasteiger partial charge on any atom is -0.351 e. The molecule has 1 unspecified atom stereocenters. The maximum Gasteiger partial charge on any atom is 0.225 e. The third-order valence-corrected chi connectivity index (χ3v) is 4.36. The zero-order valence-electron chi connectivity index (χ0n) is 13.5. The van der Waals surface area contributed by atoms with E-state index in [-0.39, 0.29) is 36.5 Å². The van der Waals surface area contributed by atoms with Crippen molar-refractivity contribution in [2.24, 2.45) is 0 Å². The van der Waals surface area contributed by atoms with Crippen LogP contribution in [0.4, 0.5) is 4.39 Å². The summed E-state index contributed by atoms with van der Waals surface area (Å²) in [5.41, 5.74) is 1.69. The zero-order valence-corrected chi connectivity index (χ0v) is 14.3. The van der Waals surface area contributed by atoms with Gasteiger partial charge in [0, 0.05) is 24.5 Å².